The molecule has 0 unspecified atom stereocenters. The second-order valence-corrected chi connectivity index (χ2v) is 15.2. The molecule has 9 rings (SSSR count). The highest BCUT2D eigenvalue weighted by atomic mass is 16.1. The van der Waals surface area contributed by atoms with E-state index in [2.05, 4.69) is 162 Å². The average molecular weight is 786 g/mol. The number of hydrazone groups is 1. The molecule has 60 heavy (non-hydrogen) atoms. The number of aromatic nitrogens is 3. The number of hydrazine groups is 2. The highest BCUT2D eigenvalue weighted by Gasteiger charge is 2.45. The summed E-state index contributed by atoms with van der Waals surface area (Å²) in [5, 5.41) is 7.96. The van der Waals surface area contributed by atoms with Gasteiger partial charge in [-0.15, -0.1) is 5.10 Å². The van der Waals surface area contributed by atoms with Gasteiger partial charge in [-0.25, -0.2) is 15.5 Å². The summed E-state index contributed by atoms with van der Waals surface area (Å²) < 4.78 is 2.12. The van der Waals surface area contributed by atoms with Gasteiger partial charge in [-0.3, -0.25) is 10.2 Å². The number of pyridine rings is 1. The number of hydrogen-bond acceptors (Lipinski definition) is 7. The first-order valence-corrected chi connectivity index (χ1v) is 20.8. The first-order chi connectivity index (χ1) is 29.6. The Labute approximate surface area is 351 Å². The fraction of sp³-hybridized carbons (Fsp3) is 0.154. The van der Waals surface area contributed by atoms with Crippen molar-refractivity contribution in [1.82, 2.24) is 30.6 Å². The van der Waals surface area contributed by atoms with Crippen LogP contribution in [-0.4, -0.2) is 31.8 Å². The quantitative estimate of drug-likeness (QED) is 0.0795. The lowest BCUT2D eigenvalue weighted by Crippen LogP contribution is -2.57. The number of amidine groups is 1. The van der Waals surface area contributed by atoms with Gasteiger partial charge in [-0.05, 0) is 65.3 Å². The Balaban J connectivity index is 1.01. The molecule has 6 aromatic carbocycles. The third kappa shape index (κ3) is 7.49. The van der Waals surface area contributed by atoms with Crippen LogP contribution in [-0.2, 0) is 31.3 Å². The summed E-state index contributed by atoms with van der Waals surface area (Å²) in [6, 6.07) is 60.8. The molecule has 2 N–H and O–H groups in total. The Kier molecular flexibility index (Phi) is 11.1. The maximum atomic E-state index is 12.6. The van der Waals surface area contributed by atoms with E-state index >= 15 is 0 Å². The third-order valence-electron chi connectivity index (χ3n) is 11.5. The zero-order valence-electron chi connectivity index (χ0n) is 33.7. The van der Waals surface area contributed by atoms with Crippen molar-refractivity contribution in [2.75, 3.05) is 0 Å². The van der Waals surface area contributed by atoms with Crippen LogP contribution in [0.4, 0.5) is 0 Å². The van der Waals surface area contributed by atoms with Crippen LogP contribution < -0.4 is 11.0 Å². The molecule has 0 aliphatic carbocycles. The van der Waals surface area contributed by atoms with Crippen LogP contribution in [0.2, 0.25) is 0 Å². The molecule has 0 saturated heterocycles. The summed E-state index contributed by atoms with van der Waals surface area (Å²) in [6.07, 6.45) is 5.46. The number of hydrogen-bond donors (Lipinski definition) is 2. The van der Waals surface area contributed by atoms with Crippen LogP contribution >= 0.6 is 0 Å². The minimum atomic E-state index is -0.771. The van der Waals surface area contributed by atoms with Gasteiger partial charge < -0.3 is 4.57 Å². The van der Waals surface area contributed by atoms with Crippen LogP contribution in [0.3, 0.4) is 0 Å². The van der Waals surface area contributed by atoms with Crippen molar-refractivity contribution in [2.24, 2.45) is 5.10 Å². The minimum Gasteiger partial charge on any atom is -0.321 e. The fourth-order valence-corrected chi connectivity index (χ4v) is 8.47. The van der Waals surface area contributed by atoms with E-state index < -0.39 is 5.54 Å². The number of fused-ring (bicyclic) bond motifs is 1. The van der Waals surface area contributed by atoms with Gasteiger partial charge in [0.2, 0.25) is 0 Å². The predicted molar refractivity (Wildman–Crippen MR) is 240 cm³/mol. The zero-order valence-corrected chi connectivity index (χ0v) is 33.7. The molecule has 8 aromatic rings. The molecule has 1 aliphatic heterocycles. The van der Waals surface area contributed by atoms with Crippen molar-refractivity contribution in [3.05, 3.63) is 227 Å². The molecular weight excluding hydrogens is 739 g/mol. The number of aldehydes is 1. The molecule has 0 radical (unpaired) electrons. The lowest BCUT2D eigenvalue weighted by Gasteiger charge is -2.42. The number of carbonyl (C=O) groups is 1. The Morgan fingerprint density at radius 1 is 0.617 bits per heavy atom. The van der Waals surface area contributed by atoms with Crippen LogP contribution in [0, 0.1) is 0 Å². The molecule has 0 atom stereocenters. The number of nitrogens with one attached hydrogen (secondary N) is 2. The lowest BCUT2D eigenvalue weighted by atomic mass is 9.77. The van der Waals surface area contributed by atoms with Crippen molar-refractivity contribution in [3.63, 3.8) is 0 Å². The molecule has 3 heterocycles. The second-order valence-electron chi connectivity index (χ2n) is 15.2. The highest BCUT2D eigenvalue weighted by molar-refractivity contribution is 6.04. The van der Waals surface area contributed by atoms with Gasteiger partial charge in [0.05, 0.1) is 16.9 Å². The van der Waals surface area contributed by atoms with Crippen molar-refractivity contribution in [3.8, 4) is 11.3 Å². The molecular formula is C52H47N7O. The van der Waals surface area contributed by atoms with Gasteiger partial charge in [0.15, 0.2) is 12.1 Å². The maximum Gasteiger partial charge on any atom is 0.171 e. The Bertz CT molecular complexity index is 2650. The number of rotatable bonds is 15. The first-order valence-electron chi connectivity index (χ1n) is 20.8. The third-order valence-corrected chi connectivity index (χ3v) is 11.5. The molecule has 0 amide bonds. The van der Waals surface area contributed by atoms with E-state index in [9.17, 15) is 4.79 Å². The molecule has 8 heteroatoms. The molecule has 2 aromatic heterocycles. The Morgan fingerprint density at radius 2 is 1.23 bits per heavy atom. The van der Waals surface area contributed by atoms with E-state index in [1.165, 1.54) is 5.56 Å². The summed E-state index contributed by atoms with van der Waals surface area (Å²) in [6.45, 7) is 2.75. The SMILES string of the molecule is CCCCc1nc(CCc2ccccc2)c(C=O)n1Cc1ccc2nc(-c3ccccc3C3=NNN(C(c4ccccc4)(c4ccccc4)c4ccccc4)N3)ccc2c1. The number of unbranched alkanes of at least 4 members (excludes halogenated alkanes) is 1. The van der Waals surface area contributed by atoms with E-state index in [1.807, 2.05) is 41.5 Å². The van der Waals surface area contributed by atoms with Gasteiger partial charge in [-0.1, -0.05) is 176 Å². The van der Waals surface area contributed by atoms with E-state index in [0.29, 0.717) is 18.1 Å². The van der Waals surface area contributed by atoms with Gasteiger partial charge in [0, 0.05) is 29.5 Å². The second kappa shape index (κ2) is 17.4. The van der Waals surface area contributed by atoms with Crippen LogP contribution in [0.15, 0.2) is 181 Å². The maximum absolute atomic E-state index is 12.6. The highest BCUT2D eigenvalue weighted by Crippen LogP contribution is 2.41. The Hall–Kier alpha value is -7.16. The molecule has 0 saturated carbocycles. The van der Waals surface area contributed by atoms with E-state index in [0.717, 1.165) is 99.9 Å². The van der Waals surface area contributed by atoms with Crippen LogP contribution in [0.5, 0.6) is 0 Å². The number of carbonyl (C=O) groups excluding carboxylic acids is 1. The summed E-state index contributed by atoms with van der Waals surface area (Å²) in [7, 11) is 0. The zero-order chi connectivity index (χ0) is 40.7. The average Bonchev–Trinajstić information content (AvgIpc) is 3.94. The van der Waals surface area contributed by atoms with Crippen LogP contribution in [0.1, 0.15) is 75.2 Å². The summed E-state index contributed by atoms with van der Waals surface area (Å²) in [5.41, 5.74) is 17.0. The normalized spacial score (nSPS) is 12.8. The molecule has 1 aliphatic rings. The van der Waals surface area contributed by atoms with E-state index in [-0.39, 0.29) is 0 Å². The topological polar surface area (TPSA) is 87.4 Å². The number of benzene rings is 6. The Morgan fingerprint density at radius 3 is 1.87 bits per heavy atom. The fourth-order valence-electron chi connectivity index (χ4n) is 8.47. The van der Waals surface area contributed by atoms with Gasteiger partial charge in [0.25, 0.3) is 0 Å². The van der Waals surface area contributed by atoms with E-state index in [4.69, 9.17) is 15.1 Å². The van der Waals surface area contributed by atoms with Crippen LogP contribution in [0.25, 0.3) is 22.2 Å². The molecule has 0 spiro atoms. The lowest BCUT2D eigenvalue weighted by molar-refractivity contribution is 0.0761. The van der Waals surface area contributed by atoms with E-state index in [1.54, 1.807) is 0 Å². The predicted octanol–water partition coefficient (Wildman–Crippen LogP) is 10.1. The summed E-state index contributed by atoms with van der Waals surface area (Å²) in [5.74, 6) is 1.65. The molecule has 296 valence electrons. The van der Waals surface area contributed by atoms with Crippen molar-refractivity contribution in [1.29, 1.82) is 0 Å². The van der Waals surface area contributed by atoms with Gasteiger partial charge >= 0.3 is 0 Å². The standard InChI is InChI=1S/C52H47N7O/c1-2-3-28-50-54-48(33-29-38-18-8-4-9-19-38)49(37-60)58(50)36-39-30-32-46-40(35-39)31-34-47(53-46)44-26-16-17-27-45(44)51-55-57-59(56-51)52(41-20-10-5-11-21-41,42-22-12-6-13-23-42)43-24-14-7-15-25-43/h4-27,30-32,34-35,37,57H,2-3,28-29,33,36H2,1H3,(H,55,56). The first kappa shape index (κ1) is 38.4. The van der Waals surface area contributed by atoms with Crippen molar-refractivity contribution < 1.29 is 4.79 Å². The van der Waals surface area contributed by atoms with Gasteiger partial charge in [-0.2, -0.15) is 0 Å². The summed E-state index contributed by atoms with van der Waals surface area (Å²) in [4.78, 5) is 22.8. The monoisotopic (exact) mass is 785 g/mol. The number of imidazole rings is 1. The molecule has 0 fully saturated rings. The molecule has 8 nitrogen and oxygen atoms in total. The summed E-state index contributed by atoms with van der Waals surface area (Å²) >= 11 is 0. The van der Waals surface area contributed by atoms with Gasteiger partial charge in [0.1, 0.15) is 17.1 Å². The molecule has 0 bridgehead atoms. The smallest absolute Gasteiger partial charge is 0.171 e. The largest absolute Gasteiger partial charge is 0.321 e. The minimum absolute atomic E-state index is 0.567. The van der Waals surface area contributed by atoms with Crippen molar-refractivity contribution >= 4 is 23.0 Å². The number of nitrogens with zero attached hydrogens (tertiary/aromatic N) is 5. The van der Waals surface area contributed by atoms with Crippen molar-refractivity contribution in [2.45, 2.75) is 51.1 Å². The number of aryl methyl sites for hydroxylation is 3.